The Kier molecular flexibility index (Phi) is 8.48. The molecule has 2 aromatic carbocycles. The molecule has 0 saturated carbocycles. The minimum atomic E-state index is -0.543. The first kappa shape index (κ1) is 25.0. The van der Waals surface area contributed by atoms with Crippen molar-refractivity contribution in [3.8, 4) is 5.75 Å². The summed E-state index contributed by atoms with van der Waals surface area (Å²) in [6, 6.07) is 15.0. The number of hydrogen-bond acceptors (Lipinski definition) is 7. The smallest absolute Gasteiger partial charge is 0.325 e. The number of rotatable bonds is 8. The summed E-state index contributed by atoms with van der Waals surface area (Å²) >= 11 is 1.10. The topological polar surface area (TPSA) is 97.3 Å². The average Bonchev–Trinajstić information content (AvgIpc) is 3.16. The Morgan fingerprint density at radius 3 is 2.53 bits per heavy atom. The third kappa shape index (κ3) is 6.26. The maximum absolute atomic E-state index is 13.3. The molecule has 1 heterocycles. The van der Waals surface area contributed by atoms with Crippen molar-refractivity contribution in [2.45, 2.75) is 19.8 Å². The largest absolute Gasteiger partial charge is 0.497 e. The van der Waals surface area contributed by atoms with Crippen LogP contribution < -0.4 is 15.0 Å². The van der Waals surface area contributed by atoms with E-state index >= 15 is 0 Å². The van der Waals surface area contributed by atoms with Crippen molar-refractivity contribution in [3.63, 3.8) is 0 Å². The molecule has 0 unspecified atom stereocenters. The first-order valence-electron chi connectivity index (χ1n) is 10.7. The van der Waals surface area contributed by atoms with Gasteiger partial charge in [0.25, 0.3) is 5.91 Å². The van der Waals surface area contributed by atoms with Crippen LogP contribution in [-0.2, 0) is 19.1 Å². The van der Waals surface area contributed by atoms with Crippen LogP contribution in [0.3, 0.4) is 0 Å². The van der Waals surface area contributed by atoms with Gasteiger partial charge in [0.05, 0.1) is 25.7 Å². The first-order valence-corrected chi connectivity index (χ1v) is 11.7. The molecule has 1 aliphatic heterocycles. The Hall–Kier alpha value is -3.59. The molecule has 8 nitrogen and oxygen atoms in total. The average molecular weight is 482 g/mol. The minimum Gasteiger partial charge on any atom is -0.497 e. The van der Waals surface area contributed by atoms with E-state index in [2.05, 4.69) is 28.9 Å². The Bertz CT molecular complexity index is 1130. The van der Waals surface area contributed by atoms with Crippen LogP contribution in [0.4, 0.5) is 5.69 Å². The standard InChI is InChI=1S/C25H27N3O5S/c1-16(2)18-10-8-17(9-11-18)12-21-24(31)28(19-6-5-7-20(13-19)32-3)25(27-21)34-15-22(29)26-14-23(30)33-4/h5-13,16H,14-15H2,1-4H3,(H,26,29)/b21-12-. The SMILES string of the molecule is COC(=O)CNC(=O)CSC1=N/C(=C\c2ccc(C(C)C)cc2)C(=O)N1c1cccc(OC)c1. The number of carbonyl (C=O) groups is 3. The van der Waals surface area contributed by atoms with Gasteiger partial charge in [0, 0.05) is 6.07 Å². The lowest BCUT2D eigenvalue weighted by Gasteiger charge is -2.18. The number of hydrogen-bond donors (Lipinski definition) is 1. The summed E-state index contributed by atoms with van der Waals surface area (Å²) in [6.07, 6.45) is 1.73. The minimum absolute atomic E-state index is 0.0278. The summed E-state index contributed by atoms with van der Waals surface area (Å²) in [5, 5.41) is 2.84. The molecule has 2 aromatic rings. The molecular weight excluding hydrogens is 454 g/mol. The van der Waals surface area contributed by atoms with Gasteiger partial charge in [0.15, 0.2) is 5.17 Å². The van der Waals surface area contributed by atoms with E-state index in [-0.39, 0.29) is 29.8 Å². The zero-order chi connectivity index (χ0) is 24.7. The number of esters is 1. The van der Waals surface area contributed by atoms with Crippen LogP contribution in [0.5, 0.6) is 5.75 Å². The van der Waals surface area contributed by atoms with Gasteiger partial charge in [-0.2, -0.15) is 0 Å². The zero-order valence-corrected chi connectivity index (χ0v) is 20.3. The molecular formula is C25H27N3O5S. The fourth-order valence-electron chi connectivity index (χ4n) is 3.13. The van der Waals surface area contributed by atoms with E-state index in [0.29, 0.717) is 22.5 Å². The van der Waals surface area contributed by atoms with Crippen molar-refractivity contribution < 1.29 is 23.9 Å². The number of nitrogens with one attached hydrogen (secondary N) is 1. The zero-order valence-electron chi connectivity index (χ0n) is 19.5. The number of nitrogens with zero attached hydrogens (tertiary/aromatic N) is 2. The number of thioether (sulfide) groups is 1. The van der Waals surface area contributed by atoms with Crippen LogP contribution in [-0.4, -0.2) is 49.5 Å². The normalized spacial score (nSPS) is 14.4. The van der Waals surface area contributed by atoms with Crippen molar-refractivity contribution in [2.24, 2.45) is 4.99 Å². The summed E-state index contributed by atoms with van der Waals surface area (Å²) < 4.78 is 9.82. The van der Waals surface area contributed by atoms with Crippen molar-refractivity contribution >= 4 is 46.5 Å². The molecule has 0 aliphatic carbocycles. The van der Waals surface area contributed by atoms with Crippen LogP contribution in [0.2, 0.25) is 0 Å². The molecule has 0 bridgehead atoms. The number of ether oxygens (including phenoxy) is 2. The monoisotopic (exact) mass is 481 g/mol. The molecule has 9 heteroatoms. The van der Waals surface area contributed by atoms with E-state index in [9.17, 15) is 14.4 Å². The molecule has 0 radical (unpaired) electrons. The lowest BCUT2D eigenvalue weighted by Crippen LogP contribution is -2.34. The summed E-state index contributed by atoms with van der Waals surface area (Å²) in [5.74, 6) is -0.258. The lowest BCUT2D eigenvalue weighted by molar-refractivity contribution is -0.140. The molecule has 0 atom stereocenters. The van der Waals surface area contributed by atoms with Crippen LogP contribution in [0, 0.1) is 0 Å². The van der Waals surface area contributed by atoms with E-state index in [1.165, 1.54) is 17.6 Å². The van der Waals surface area contributed by atoms with E-state index in [4.69, 9.17) is 4.74 Å². The van der Waals surface area contributed by atoms with E-state index in [1.807, 2.05) is 24.3 Å². The molecule has 0 spiro atoms. The number of benzene rings is 2. The van der Waals surface area contributed by atoms with E-state index < -0.39 is 5.97 Å². The number of amidine groups is 1. The predicted octanol–water partition coefficient (Wildman–Crippen LogP) is 3.58. The summed E-state index contributed by atoms with van der Waals surface area (Å²) in [7, 11) is 2.80. The van der Waals surface area contributed by atoms with Crippen molar-refractivity contribution in [1.82, 2.24) is 5.32 Å². The van der Waals surface area contributed by atoms with Gasteiger partial charge in [-0.1, -0.05) is 55.9 Å². The van der Waals surface area contributed by atoms with E-state index in [1.54, 1.807) is 37.5 Å². The van der Waals surface area contributed by atoms with E-state index in [0.717, 1.165) is 17.3 Å². The predicted molar refractivity (Wildman–Crippen MR) is 134 cm³/mol. The number of carbonyl (C=O) groups excluding carboxylic acids is 3. The van der Waals surface area contributed by atoms with Crippen LogP contribution in [0.15, 0.2) is 59.2 Å². The van der Waals surface area contributed by atoms with Crippen molar-refractivity contribution in [2.75, 3.05) is 31.4 Å². The fourth-order valence-corrected chi connectivity index (χ4v) is 3.97. The third-order valence-electron chi connectivity index (χ3n) is 5.04. The maximum Gasteiger partial charge on any atom is 0.325 e. The van der Waals surface area contributed by atoms with Gasteiger partial charge in [-0.25, -0.2) is 4.99 Å². The van der Waals surface area contributed by atoms with Gasteiger partial charge in [-0.05, 0) is 35.3 Å². The second kappa shape index (κ2) is 11.5. The molecule has 0 fully saturated rings. The molecule has 34 heavy (non-hydrogen) atoms. The Labute approximate surface area is 203 Å². The molecule has 1 aliphatic rings. The van der Waals surface area contributed by atoms with Gasteiger partial charge < -0.3 is 14.8 Å². The highest BCUT2D eigenvalue weighted by Crippen LogP contribution is 2.31. The van der Waals surface area contributed by atoms with Gasteiger partial charge in [-0.3, -0.25) is 19.3 Å². The van der Waals surface area contributed by atoms with Crippen LogP contribution in [0.1, 0.15) is 30.9 Å². The molecule has 2 amide bonds. The molecule has 1 N–H and O–H groups in total. The number of amides is 2. The van der Waals surface area contributed by atoms with Crippen molar-refractivity contribution in [3.05, 3.63) is 65.4 Å². The first-order chi connectivity index (χ1) is 16.3. The van der Waals surface area contributed by atoms with Gasteiger partial charge in [0.2, 0.25) is 5.91 Å². The van der Waals surface area contributed by atoms with Crippen molar-refractivity contribution in [1.29, 1.82) is 0 Å². The number of methoxy groups -OCH3 is 2. The maximum atomic E-state index is 13.3. The summed E-state index contributed by atoms with van der Waals surface area (Å²) in [4.78, 5) is 42.7. The Balaban J connectivity index is 1.86. The van der Waals surface area contributed by atoms with Gasteiger partial charge in [-0.15, -0.1) is 0 Å². The Morgan fingerprint density at radius 2 is 1.88 bits per heavy atom. The van der Waals surface area contributed by atoms with Gasteiger partial charge >= 0.3 is 5.97 Å². The highest BCUT2D eigenvalue weighted by Gasteiger charge is 2.32. The molecule has 0 saturated heterocycles. The third-order valence-corrected chi connectivity index (χ3v) is 5.98. The summed E-state index contributed by atoms with van der Waals surface area (Å²) in [6.45, 7) is 4.02. The molecule has 178 valence electrons. The van der Waals surface area contributed by atoms with Crippen LogP contribution in [0.25, 0.3) is 6.08 Å². The number of aliphatic imine (C=N–C) groups is 1. The quantitative estimate of drug-likeness (QED) is 0.457. The second-order valence-electron chi connectivity index (χ2n) is 7.73. The lowest BCUT2D eigenvalue weighted by atomic mass is 10.0. The molecule has 0 aromatic heterocycles. The van der Waals surface area contributed by atoms with Gasteiger partial charge in [0.1, 0.15) is 18.0 Å². The highest BCUT2D eigenvalue weighted by atomic mass is 32.2. The second-order valence-corrected chi connectivity index (χ2v) is 8.67. The molecule has 3 rings (SSSR count). The Morgan fingerprint density at radius 1 is 1.15 bits per heavy atom. The highest BCUT2D eigenvalue weighted by molar-refractivity contribution is 8.14. The summed E-state index contributed by atoms with van der Waals surface area (Å²) in [5.41, 5.74) is 2.89. The number of anilines is 1. The van der Waals surface area contributed by atoms with Crippen LogP contribution >= 0.6 is 11.8 Å². The fraction of sp³-hybridized carbons (Fsp3) is 0.280.